The zero-order valence-electron chi connectivity index (χ0n) is 10.9. The van der Waals surface area contributed by atoms with E-state index in [0.29, 0.717) is 5.69 Å². The molecule has 0 amide bonds. The first-order chi connectivity index (χ1) is 9.85. The van der Waals surface area contributed by atoms with Gasteiger partial charge in [-0.2, -0.15) is 5.10 Å². The number of benzene rings is 1. The number of allylic oxidation sites excluding steroid dienone is 4. The summed E-state index contributed by atoms with van der Waals surface area (Å²) in [7, 11) is 0. The molecule has 0 saturated carbocycles. The summed E-state index contributed by atoms with van der Waals surface area (Å²) < 4.78 is 1.83. The van der Waals surface area contributed by atoms with Crippen molar-refractivity contribution in [2.75, 3.05) is 0 Å². The van der Waals surface area contributed by atoms with Gasteiger partial charge in [0.25, 0.3) is 0 Å². The Morgan fingerprint density at radius 1 is 1.15 bits per heavy atom. The Balaban J connectivity index is 1.74. The van der Waals surface area contributed by atoms with Gasteiger partial charge in [0, 0.05) is 0 Å². The van der Waals surface area contributed by atoms with Crippen LogP contribution in [0.2, 0.25) is 0 Å². The largest absolute Gasteiger partial charge is 0.249 e. The fourth-order valence-corrected chi connectivity index (χ4v) is 2.31. The van der Waals surface area contributed by atoms with Crippen LogP contribution in [-0.2, 0) is 6.54 Å². The van der Waals surface area contributed by atoms with E-state index in [1.54, 1.807) is 24.8 Å². The Hall–Kier alpha value is -2.56. The van der Waals surface area contributed by atoms with Crippen molar-refractivity contribution >= 4 is 11.3 Å². The van der Waals surface area contributed by atoms with Crippen molar-refractivity contribution in [1.29, 1.82) is 0 Å². The highest BCUT2D eigenvalue weighted by Gasteiger charge is 2.09. The van der Waals surface area contributed by atoms with Gasteiger partial charge in [0.05, 0.1) is 6.54 Å². The molecule has 100 valence electrons. The maximum Gasteiger partial charge on any atom is 0.137 e. The maximum absolute atomic E-state index is 10.4. The van der Waals surface area contributed by atoms with Crippen LogP contribution in [0.1, 0.15) is 18.4 Å². The second-order valence-corrected chi connectivity index (χ2v) is 4.75. The van der Waals surface area contributed by atoms with E-state index in [0.717, 1.165) is 24.9 Å². The molecule has 3 rings (SSSR count). The van der Waals surface area contributed by atoms with E-state index < -0.39 is 0 Å². The molecule has 0 N–H and O–H groups in total. The molecule has 5 nitrogen and oxygen atoms in total. The lowest BCUT2D eigenvalue weighted by Gasteiger charge is -2.15. The third-order valence-corrected chi connectivity index (χ3v) is 3.41. The van der Waals surface area contributed by atoms with Gasteiger partial charge in [0.1, 0.15) is 18.3 Å². The van der Waals surface area contributed by atoms with Gasteiger partial charge in [0.2, 0.25) is 0 Å². The van der Waals surface area contributed by atoms with Crippen LogP contribution < -0.4 is 0 Å². The molecule has 1 aliphatic carbocycles. The lowest BCUT2D eigenvalue weighted by atomic mass is 9.93. The van der Waals surface area contributed by atoms with Crippen molar-refractivity contribution in [1.82, 2.24) is 14.8 Å². The monoisotopic (exact) mass is 266 g/mol. The normalized spacial score (nSPS) is 14.6. The van der Waals surface area contributed by atoms with Gasteiger partial charge < -0.3 is 0 Å². The summed E-state index contributed by atoms with van der Waals surface area (Å²) in [5, 5.41) is 7.02. The fraction of sp³-hybridized carbons (Fsp3) is 0.200. The fourth-order valence-electron chi connectivity index (χ4n) is 2.31. The predicted molar refractivity (Wildman–Crippen MR) is 77.2 cm³/mol. The number of nitrogens with zero attached hydrogens (tertiary/aromatic N) is 4. The third-order valence-electron chi connectivity index (χ3n) is 3.41. The van der Waals surface area contributed by atoms with Crippen molar-refractivity contribution in [3.8, 4) is 0 Å². The molecule has 0 spiro atoms. The van der Waals surface area contributed by atoms with Crippen LogP contribution in [0, 0.1) is 4.91 Å². The summed E-state index contributed by atoms with van der Waals surface area (Å²) in [5.41, 5.74) is 4.23. The van der Waals surface area contributed by atoms with Gasteiger partial charge in [0.15, 0.2) is 0 Å². The number of nitroso groups, excluding NO2 is 1. The summed E-state index contributed by atoms with van der Waals surface area (Å²) in [6.45, 7) is 0.789. The molecule has 0 unspecified atom stereocenters. The number of aromatic nitrogens is 3. The van der Waals surface area contributed by atoms with E-state index in [1.807, 2.05) is 16.8 Å². The molecule has 20 heavy (non-hydrogen) atoms. The van der Waals surface area contributed by atoms with Crippen molar-refractivity contribution in [2.45, 2.75) is 19.4 Å². The molecular weight excluding hydrogens is 252 g/mol. The zero-order chi connectivity index (χ0) is 13.8. The van der Waals surface area contributed by atoms with Crippen LogP contribution in [0.3, 0.4) is 0 Å². The summed E-state index contributed by atoms with van der Waals surface area (Å²) in [4.78, 5) is 14.3. The lowest BCUT2D eigenvalue weighted by Crippen LogP contribution is -2.04. The molecule has 0 radical (unpaired) electrons. The third kappa shape index (κ3) is 2.71. The Labute approximate surface area is 116 Å². The zero-order valence-corrected chi connectivity index (χ0v) is 10.9. The number of rotatable bonds is 4. The van der Waals surface area contributed by atoms with Crippen molar-refractivity contribution < 1.29 is 0 Å². The van der Waals surface area contributed by atoms with Crippen LogP contribution in [0.15, 0.2) is 59.8 Å². The molecular formula is C15H14N4O. The Bertz CT molecular complexity index is 654. The molecule has 0 bridgehead atoms. The molecule has 5 heteroatoms. The second kappa shape index (κ2) is 5.61. The summed E-state index contributed by atoms with van der Waals surface area (Å²) in [6.07, 6.45) is 9.57. The van der Waals surface area contributed by atoms with E-state index in [2.05, 4.69) is 27.4 Å². The Morgan fingerprint density at radius 3 is 2.60 bits per heavy atom. The van der Waals surface area contributed by atoms with Crippen LogP contribution in [0.25, 0.3) is 5.57 Å². The van der Waals surface area contributed by atoms with Gasteiger partial charge in [-0.25, -0.2) is 9.67 Å². The number of hydrogen-bond acceptors (Lipinski definition) is 4. The molecule has 1 aliphatic rings. The minimum Gasteiger partial charge on any atom is -0.249 e. The van der Waals surface area contributed by atoms with Gasteiger partial charge in [-0.05, 0) is 46.9 Å². The summed E-state index contributed by atoms with van der Waals surface area (Å²) in [6, 6.07) is 7.38. The lowest BCUT2D eigenvalue weighted by molar-refractivity contribution is 0.653. The highest BCUT2D eigenvalue weighted by Crippen LogP contribution is 2.28. The van der Waals surface area contributed by atoms with E-state index >= 15 is 0 Å². The van der Waals surface area contributed by atoms with Crippen molar-refractivity contribution in [3.63, 3.8) is 0 Å². The van der Waals surface area contributed by atoms with E-state index in [4.69, 9.17) is 0 Å². The molecule has 0 atom stereocenters. The first-order valence-electron chi connectivity index (χ1n) is 6.50. The maximum atomic E-state index is 10.4. The quantitative estimate of drug-likeness (QED) is 0.796. The van der Waals surface area contributed by atoms with Crippen molar-refractivity contribution in [3.05, 3.63) is 65.1 Å². The summed E-state index contributed by atoms with van der Waals surface area (Å²) >= 11 is 0. The Kier molecular flexibility index (Phi) is 3.50. The minimum atomic E-state index is 0.465. The molecule has 1 aromatic heterocycles. The number of hydrogen-bond donors (Lipinski definition) is 0. The molecule has 0 saturated heterocycles. The first-order valence-corrected chi connectivity index (χ1v) is 6.50. The van der Waals surface area contributed by atoms with E-state index in [9.17, 15) is 4.91 Å². The second-order valence-electron chi connectivity index (χ2n) is 4.75. The molecule has 0 aliphatic heterocycles. The van der Waals surface area contributed by atoms with E-state index in [1.165, 1.54) is 11.1 Å². The molecule has 0 fully saturated rings. The molecule has 2 aromatic rings. The van der Waals surface area contributed by atoms with E-state index in [-0.39, 0.29) is 0 Å². The highest BCUT2D eigenvalue weighted by atomic mass is 16.3. The van der Waals surface area contributed by atoms with Gasteiger partial charge in [-0.3, -0.25) is 0 Å². The average Bonchev–Trinajstić information content (AvgIpc) is 3.01. The van der Waals surface area contributed by atoms with Crippen LogP contribution >= 0.6 is 0 Å². The first kappa shape index (κ1) is 12.5. The topological polar surface area (TPSA) is 60.1 Å². The summed E-state index contributed by atoms with van der Waals surface area (Å²) in [5.74, 6) is 0. The van der Waals surface area contributed by atoms with Crippen molar-refractivity contribution in [2.24, 2.45) is 5.18 Å². The SMILES string of the molecule is O=Nc1ccc(C2=CC=C(Cn3cncn3)CC2)cc1. The molecule has 1 heterocycles. The van der Waals surface area contributed by atoms with Crippen LogP contribution in [-0.4, -0.2) is 14.8 Å². The minimum absolute atomic E-state index is 0.465. The average molecular weight is 266 g/mol. The van der Waals surface area contributed by atoms with Gasteiger partial charge in [-0.1, -0.05) is 24.3 Å². The standard InChI is InChI=1S/C15H14N4O/c20-18-15-7-5-14(6-8-15)13-3-1-12(2-4-13)9-19-11-16-10-17-19/h1,3,5-8,10-11H,2,4,9H2. The highest BCUT2D eigenvalue weighted by molar-refractivity contribution is 5.69. The van der Waals surface area contributed by atoms with Gasteiger partial charge >= 0.3 is 0 Å². The molecule has 1 aromatic carbocycles. The smallest absolute Gasteiger partial charge is 0.137 e. The van der Waals surface area contributed by atoms with Crippen LogP contribution in [0.5, 0.6) is 0 Å². The Morgan fingerprint density at radius 2 is 2.00 bits per heavy atom. The van der Waals surface area contributed by atoms with Crippen LogP contribution in [0.4, 0.5) is 5.69 Å². The predicted octanol–water partition coefficient (Wildman–Crippen LogP) is 3.48. The van der Waals surface area contributed by atoms with Gasteiger partial charge in [-0.15, -0.1) is 4.91 Å².